The smallest absolute Gasteiger partial charge is 0.329 e. The zero-order valence-electron chi connectivity index (χ0n) is 16.0. The summed E-state index contributed by atoms with van der Waals surface area (Å²) < 4.78 is 10.1. The van der Waals surface area contributed by atoms with Gasteiger partial charge in [-0.3, -0.25) is 19.3 Å². The van der Waals surface area contributed by atoms with Crippen molar-refractivity contribution in [2.45, 2.75) is 38.6 Å². The number of nitrogens with one attached hydrogen (secondary N) is 1. The second-order valence-corrected chi connectivity index (χ2v) is 7.10. The molecule has 1 saturated carbocycles. The molecule has 3 amide bonds. The number of carbonyl (C=O) groups is 4. The number of imide groups is 1. The lowest BCUT2D eigenvalue weighted by Gasteiger charge is -2.21. The van der Waals surface area contributed by atoms with Gasteiger partial charge in [0.15, 0.2) is 6.61 Å². The Morgan fingerprint density at radius 3 is 2.21 bits per heavy atom. The van der Waals surface area contributed by atoms with Crippen molar-refractivity contribution in [1.82, 2.24) is 4.90 Å². The maximum atomic E-state index is 12.5. The van der Waals surface area contributed by atoms with Gasteiger partial charge in [0.1, 0.15) is 11.8 Å². The van der Waals surface area contributed by atoms with Crippen LogP contribution in [-0.4, -0.2) is 48.3 Å². The molecule has 1 aromatic carbocycles. The third-order valence-electron chi connectivity index (χ3n) is 5.32. The van der Waals surface area contributed by atoms with Gasteiger partial charge in [-0.15, -0.1) is 0 Å². The van der Waals surface area contributed by atoms with Crippen LogP contribution in [0.3, 0.4) is 0 Å². The molecule has 1 aliphatic heterocycles. The second-order valence-electron chi connectivity index (χ2n) is 7.10. The summed E-state index contributed by atoms with van der Waals surface area (Å²) >= 11 is 0. The molecule has 1 aliphatic carbocycles. The molecule has 8 heteroatoms. The first-order valence-electron chi connectivity index (χ1n) is 9.40. The maximum absolute atomic E-state index is 12.5. The Bertz CT molecular complexity index is 751. The lowest BCUT2D eigenvalue weighted by molar-refractivity contribution is -0.159. The predicted octanol–water partition coefficient (Wildman–Crippen LogP) is 1.74. The third kappa shape index (κ3) is 4.00. The van der Waals surface area contributed by atoms with Crippen LogP contribution in [0.2, 0.25) is 0 Å². The summed E-state index contributed by atoms with van der Waals surface area (Å²) in [5, 5.41) is 2.60. The zero-order valence-corrected chi connectivity index (χ0v) is 16.0. The number of esters is 1. The molecule has 2 aliphatic rings. The summed E-state index contributed by atoms with van der Waals surface area (Å²) in [5.41, 5.74) is 0.531. The molecule has 0 unspecified atom stereocenters. The first kappa shape index (κ1) is 19.9. The number of benzene rings is 1. The molecule has 8 nitrogen and oxygen atoms in total. The summed E-state index contributed by atoms with van der Waals surface area (Å²) in [6, 6.07) is 5.65. The number of fused-ring (bicyclic) bond motifs is 1. The van der Waals surface area contributed by atoms with Crippen LogP contribution in [0.5, 0.6) is 5.75 Å². The van der Waals surface area contributed by atoms with Crippen molar-refractivity contribution in [3.63, 3.8) is 0 Å². The van der Waals surface area contributed by atoms with Crippen molar-refractivity contribution in [3.8, 4) is 5.75 Å². The summed E-state index contributed by atoms with van der Waals surface area (Å²) in [7, 11) is 1.54. The van der Waals surface area contributed by atoms with E-state index in [2.05, 4.69) is 5.32 Å². The van der Waals surface area contributed by atoms with Crippen molar-refractivity contribution < 1.29 is 28.7 Å². The van der Waals surface area contributed by atoms with E-state index < -0.39 is 24.5 Å². The highest BCUT2D eigenvalue weighted by Gasteiger charge is 2.51. The van der Waals surface area contributed by atoms with Crippen LogP contribution < -0.4 is 10.1 Å². The van der Waals surface area contributed by atoms with Gasteiger partial charge in [-0.1, -0.05) is 12.8 Å². The van der Waals surface area contributed by atoms with E-state index in [0.29, 0.717) is 24.3 Å². The highest BCUT2D eigenvalue weighted by molar-refractivity contribution is 6.08. The molecule has 1 heterocycles. The number of anilines is 1. The Balaban J connectivity index is 1.53. The second kappa shape index (κ2) is 8.41. The van der Waals surface area contributed by atoms with Crippen molar-refractivity contribution >= 4 is 29.4 Å². The van der Waals surface area contributed by atoms with Crippen LogP contribution >= 0.6 is 0 Å². The molecule has 2 fully saturated rings. The SMILES string of the molecule is COc1ccc(NC(=O)COC(=O)[C@H](C)N2C(=O)[C@@H]3CCCC[C@H]3C2=O)cc1. The Hall–Kier alpha value is -2.90. The molecule has 0 spiro atoms. The quantitative estimate of drug-likeness (QED) is 0.588. The lowest BCUT2D eigenvalue weighted by Crippen LogP contribution is -2.45. The molecule has 150 valence electrons. The molecular weight excluding hydrogens is 364 g/mol. The van der Waals surface area contributed by atoms with Gasteiger partial charge in [-0.05, 0) is 44.0 Å². The Morgan fingerprint density at radius 2 is 1.68 bits per heavy atom. The number of rotatable bonds is 6. The van der Waals surface area contributed by atoms with E-state index in [1.807, 2.05) is 0 Å². The summed E-state index contributed by atoms with van der Waals surface area (Å²) in [6.07, 6.45) is 3.19. The molecule has 1 saturated heterocycles. The highest BCUT2D eigenvalue weighted by atomic mass is 16.5. The molecule has 28 heavy (non-hydrogen) atoms. The van der Waals surface area contributed by atoms with Crippen molar-refractivity contribution in [1.29, 1.82) is 0 Å². The maximum Gasteiger partial charge on any atom is 0.329 e. The van der Waals surface area contributed by atoms with Gasteiger partial charge in [-0.25, -0.2) is 4.79 Å². The molecule has 1 aromatic rings. The van der Waals surface area contributed by atoms with Gasteiger partial charge in [-0.2, -0.15) is 0 Å². The van der Waals surface area contributed by atoms with Gasteiger partial charge in [0.2, 0.25) is 11.8 Å². The average Bonchev–Trinajstić information content (AvgIpc) is 2.97. The Morgan fingerprint density at radius 1 is 1.11 bits per heavy atom. The molecular formula is C20H24N2O6. The molecule has 3 atom stereocenters. The standard InChI is InChI=1S/C20H24N2O6/c1-12(22-18(24)15-5-3-4-6-16(15)19(22)25)20(26)28-11-17(23)21-13-7-9-14(27-2)10-8-13/h7-10,12,15-16H,3-6,11H2,1-2H3,(H,21,23)/t12-,15+,16+/m0/s1. The van der Waals surface area contributed by atoms with E-state index in [0.717, 1.165) is 17.7 Å². The van der Waals surface area contributed by atoms with Gasteiger partial charge in [0.25, 0.3) is 5.91 Å². The van der Waals surface area contributed by atoms with Crippen molar-refractivity contribution in [2.75, 3.05) is 19.0 Å². The lowest BCUT2D eigenvalue weighted by atomic mass is 9.81. The minimum absolute atomic E-state index is 0.304. The number of methoxy groups -OCH3 is 1. The highest BCUT2D eigenvalue weighted by Crippen LogP contribution is 2.38. The molecule has 3 rings (SSSR count). The summed E-state index contributed by atoms with van der Waals surface area (Å²) in [6.45, 7) is 0.953. The fourth-order valence-corrected chi connectivity index (χ4v) is 3.80. The number of carbonyl (C=O) groups excluding carboxylic acids is 4. The van der Waals surface area contributed by atoms with E-state index in [-0.39, 0.29) is 23.7 Å². The minimum atomic E-state index is -1.04. The number of amides is 3. The van der Waals surface area contributed by atoms with E-state index in [9.17, 15) is 19.2 Å². The number of nitrogens with zero attached hydrogens (tertiary/aromatic N) is 1. The van der Waals surface area contributed by atoms with E-state index in [4.69, 9.17) is 9.47 Å². The van der Waals surface area contributed by atoms with Gasteiger partial charge in [0.05, 0.1) is 18.9 Å². The van der Waals surface area contributed by atoms with Gasteiger partial charge in [0, 0.05) is 5.69 Å². The molecule has 1 N–H and O–H groups in total. The molecule has 0 bridgehead atoms. The molecule has 0 aromatic heterocycles. The van der Waals surface area contributed by atoms with E-state index in [1.165, 1.54) is 6.92 Å². The predicted molar refractivity (Wildman–Crippen MR) is 99.3 cm³/mol. The van der Waals surface area contributed by atoms with E-state index >= 15 is 0 Å². The largest absolute Gasteiger partial charge is 0.497 e. The van der Waals surface area contributed by atoms with Crippen LogP contribution in [0.25, 0.3) is 0 Å². The summed E-state index contributed by atoms with van der Waals surface area (Å²) in [4.78, 5) is 50.4. The van der Waals surface area contributed by atoms with Gasteiger partial charge < -0.3 is 14.8 Å². The van der Waals surface area contributed by atoms with Crippen LogP contribution in [0.4, 0.5) is 5.69 Å². The fourth-order valence-electron chi connectivity index (χ4n) is 3.80. The average molecular weight is 388 g/mol. The molecule has 0 radical (unpaired) electrons. The monoisotopic (exact) mass is 388 g/mol. The Labute approximate surface area is 163 Å². The normalized spacial score (nSPS) is 22.4. The van der Waals surface area contributed by atoms with Crippen molar-refractivity contribution in [3.05, 3.63) is 24.3 Å². The van der Waals surface area contributed by atoms with E-state index in [1.54, 1.807) is 31.4 Å². The van der Waals surface area contributed by atoms with Crippen LogP contribution in [-0.2, 0) is 23.9 Å². The topological polar surface area (TPSA) is 102 Å². The first-order valence-corrected chi connectivity index (χ1v) is 9.40. The van der Waals surface area contributed by atoms with Crippen LogP contribution in [0.15, 0.2) is 24.3 Å². The summed E-state index contributed by atoms with van der Waals surface area (Å²) in [5.74, 6) is -1.89. The fraction of sp³-hybridized carbons (Fsp3) is 0.500. The first-order chi connectivity index (χ1) is 13.4. The van der Waals surface area contributed by atoms with Crippen LogP contribution in [0.1, 0.15) is 32.6 Å². The number of hydrogen-bond donors (Lipinski definition) is 1. The number of ether oxygens (including phenoxy) is 2. The van der Waals surface area contributed by atoms with Gasteiger partial charge >= 0.3 is 5.97 Å². The van der Waals surface area contributed by atoms with Crippen LogP contribution in [0, 0.1) is 11.8 Å². The Kier molecular flexibility index (Phi) is 5.96. The zero-order chi connectivity index (χ0) is 20.3. The number of hydrogen-bond acceptors (Lipinski definition) is 6. The van der Waals surface area contributed by atoms with Crippen molar-refractivity contribution in [2.24, 2.45) is 11.8 Å². The number of likely N-dealkylation sites (tertiary alicyclic amines) is 1. The third-order valence-corrected chi connectivity index (χ3v) is 5.32. The minimum Gasteiger partial charge on any atom is -0.497 e.